The molecule has 4 nitrogen and oxygen atoms in total. The van der Waals surface area contributed by atoms with E-state index in [9.17, 15) is 4.79 Å². The van der Waals surface area contributed by atoms with E-state index in [0.717, 1.165) is 33.1 Å². The van der Waals surface area contributed by atoms with Crippen LogP contribution < -0.4 is 5.32 Å². The number of aliphatic imine (C=N–C) groups is 1. The van der Waals surface area contributed by atoms with E-state index in [2.05, 4.69) is 21.4 Å². The molecule has 0 bridgehead atoms. The van der Waals surface area contributed by atoms with Crippen molar-refractivity contribution in [3.8, 4) is 10.6 Å². The standard InChI is InChI=1S/C22H13Cl3N3OS/c1-10-4-19-15(6-14(10)22-26-12(8-23)9-30-22)16-7-17(21(29)28-20(16)27-19)13-3-2-11(24)5-18(13)25/h2-7,9,16H,8H2,1H3. The highest BCUT2D eigenvalue weighted by Crippen LogP contribution is 2.43. The summed E-state index contributed by atoms with van der Waals surface area (Å²) in [6.45, 7) is 2.02. The second-order valence-corrected chi connectivity index (χ2v) is 9.04. The molecule has 1 aromatic heterocycles. The molecule has 8 heteroatoms. The molecule has 30 heavy (non-hydrogen) atoms. The molecular formula is C22H13Cl3N3OS. The van der Waals surface area contributed by atoms with Gasteiger partial charge in [-0.05, 0) is 42.3 Å². The largest absolute Gasteiger partial charge is 0.279 e. The summed E-state index contributed by atoms with van der Waals surface area (Å²) in [6.07, 6.45) is 1.89. The first-order valence-corrected chi connectivity index (χ1v) is 11.3. The second-order valence-electron chi connectivity index (χ2n) is 7.07. The fourth-order valence-corrected chi connectivity index (χ4v) is 5.32. The number of halogens is 3. The van der Waals surface area contributed by atoms with Gasteiger partial charge in [-0.3, -0.25) is 4.79 Å². The van der Waals surface area contributed by atoms with Crippen LogP contribution in [0.3, 0.4) is 0 Å². The summed E-state index contributed by atoms with van der Waals surface area (Å²) in [5, 5.41) is 8.40. The normalized spacial score (nSPS) is 17.2. The van der Waals surface area contributed by atoms with Gasteiger partial charge in [-0.2, -0.15) is 4.99 Å². The molecule has 149 valence electrons. The van der Waals surface area contributed by atoms with Crippen LogP contribution in [0, 0.1) is 6.92 Å². The Hall–Kier alpha value is -2.18. The highest BCUT2D eigenvalue weighted by Gasteiger charge is 2.35. The number of dihydropyridines is 1. The minimum absolute atomic E-state index is 0.216. The molecule has 0 saturated carbocycles. The van der Waals surface area contributed by atoms with Gasteiger partial charge < -0.3 is 0 Å². The number of fused-ring (bicyclic) bond motifs is 3. The Morgan fingerprint density at radius 1 is 1.13 bits per heavy atom. The van der Waals surface area contributed by atoms with Crippen LogP contribution in [0.5, 0.6) is 0 Å². The number of thiazole rings is 1. The van der Waals surface area contributed by atoms with Gasteiger partial charge in [0.15, 0.2) is 0 Å². The van der Waals surface area contributed by atoms with E-state index in [4.69, 9.17) is 34.8 Å². The number of carbonyl (C=O) groups excluding carboxylic acids is 1. The summed E-state index contributed by atoms with van der Waals surface area (Å²) in [4.78, 5) is 21.5. The van der Waals surface area contributed by atoms with Gasteiger partial charge in [0.25, 0.3) is 5.91 Å². The lowest BCUT2D eigenvalue weighted by molar-refractivity contribution is -0.112. The summed E-state index contributed by atoms with van der Waals surface area (Å²) in [5.41, 5.74) is 5.82. The summed E-state index contributed by atoms with van der Waals surface area (Å²) in [7, 11) is 0. The van der Waals surface area contributed by atoms with Crippen LogP contribution in [0.15, 0.2) is 46.8 Å². The first kappa shape index (κ1) is 19.8. The van der Waals surface area contributed by atoms with Crippen molar-refractivity contribution in [3.05, 3.63) is 74.2 Å². The molecular weight excluding hydrogens is 461 g/mol. The number of alkyl halides is 1. The summed E-state index contributed by atoms with van der Waals surface area (Å²) in [6, 6.07) is 9.18. The van der Waals surface area contributed by atoms with Crippen LogP contribution in [0.25, 0.3) is 16.1 Å². The maximum Gasteiger partial charge on any atom is 0.279 e. The average Bonchev–Trinajstić information content (AvgIpc) is 3.31. The van der Waals surface area contributed by atoms with Crippen molar-refractivity contribution < 1.29 is 4.79 Å². The smallest absolute Gasteiger partial charge is 0.267 e. The van der Waals surface area contributed by atoms with E-state index in [1.54, 1.807) is 29.5 Å². The van der Waals surface area contributed by atoms with Gasteiger partial charge in [0, 0.05) is 27.1 Å². The van der Waals surface area contributed by atoms with Gasteiger partial charge in [0.05, 0.1) is 28.2 Å². The first-order chi connectivity index (χ1) is 14.4. The Bertz CT molecular complexity index is 1280. The van der Waals surface area contributed by atoms with Crippen molar-refractivity contribution in [3.63, 3.8) is 0 Å². The van der Waals surface area contributed by atoms with E-state index >= 15 is 0 Å². The van der Waals surface area contributed by atoms with Crippen LogP contribution in [0.2, 0.25) is 10.0 Å². The van der Waals surface area contributed by atoms with Gasteiger partial charge in [0.2, 0.25) is 0 Å². The third-order valence-corrected chi connectivity index (χ3v) is 6.89. The minimum atomic E-state index is -0.356. The third kappa shape index (κ3) is 3.26. The molecule has 1 radical (unpaired) electrons. The number of hydrogen-bond acceptors (Lipinski definition) is 3. The number of carbonyl (C=O) groups is 1. The molecule has 2 aliphatic heterocycles. The summed E-state index contributed by atoms with van der Waals surface area (Å²) >= 11 is 19.8. The van der Waals surface area contributed by atoms with Gasteiger partial charge in [-0.15, -0.1) is 22.9 Å². The van der Waals surface area contributed by atoms with Gasteiger partial charge in [-0.25, -0.2) is 10.3 Å². The Kier molecular flexibility index (Phi) is 4.94. The third-order valence-electron chi connectivity index (χ3n) is 5.14. The summed E-state index contributed by atoms with van der Waals surface area (Å²) in [5.74, 6) is 0.309. The predicted molar refractivity (Wildman–Crippen MR) is 123 cm³/mol. The fraction of sp³-hybridized carbons (Fsp3) is 0.136. The molecule has 3 aromatic rings. The number of rotatable bonds is 3. The van der Waals surface area contributed by atoms with Gasteiger partial charge >= 0.3 is 0 Å². The number of benzene rings is 2. The summed E-state index contributed by atoms with van der Waals surface area (Å²) < 4.78 is 0. The Balaban J connectivity index is 1.61. The predicted octanol–water partition coefficient (Wildman–Crippen LogP) is 6.52. The van der Waals surface area contributed by atoms with Crippen LogP contribution in [0.4, 0.5) is 5.69 Å². The zero-order valence-corrected chi connectivity index (χ0v) is 18.7. The van der Waals surface area contributed by atoms with Crippen molar-refractivity contribution in [2.75, 3.05) is 0 Å². The lowest BCUT2D eigenvalue weighted by atomic mass is 9.90. The van der Waals surface area contributed by atoms with E-state index in [1.807, 2.05) is 24.4 Å². The zero-order chi connectivity index (χ0) is 21.0. The van der Waals surface area contributed by atoms with E-state index in [1.165, 1.54) is 0 Å². The van der Waals surface area contributed by atoms with E-state index in [0.29, 0.717) is 32.9 Å². The molecule has 0 N–H and O–H groups in total. The Morgan fingerprint density at radius 3 is 2.70 bits per heavy atom. The van der Waals surface area contributed by atoms with Crippen molar-refractivity contribution in [1.82, 2.24) is 10.3 Å². The molecule has 1 amide bonds. The van der Waals surface area contributed by atoms with Crippen molar-refractivity contribution in [1.29, 1.82) is 0 Å². The van der Waals surface area contributed by atoms with Gasteiger partial charge in [-0.1, -0.05) is 35.3 Å². The molecule has 2 aliphatic rings. The zero-order valence-electron chi connectivity index (χ0n) is 15.6. The fourth-order valence-electron chi connectivity index (χ4n) is 3.68. The average molecular weight is 474 g/mol. The SMILES string of the molecule is Cc1cc2c(cc1-c1nc(CCl)cs1)C1C=C(c3ccc(Cl)cc3Cl)C(=O)N=C1[N]2. The molecule has 1 atom stereocenters. The number of hydrogen-bond donors (Lipinski definition) is 0. The molecule has 0 aliphatic carbocycles. The van der Waals surface area contributed by atoms with E-state index in [-0.39, 0.29) is 11.8 Å². The van der Waals surface area contributed by atoms with Gasteiger partial charge in [0.1, 0.15) is 10.8 Å². The highest BCUT2D eigenvalue weighted by atomic mass is 35.5. The Labute approximate surface area is 192 Å². The van der Waals surface area contributed by atoms with Crippen LogP contribution in [-0.2, 0) is 10.7 Å². The molecule has 5 rings (SSSR count). The lowest BCUT2D eigenvalue weighted by Gasteiger charge is -2.16. The lowest BCUT2D eigenvalue weighted by Crippen LogP contribution is -2.19. The maximum absolute atomic E-state index is 12.7. The Morgan fingerprint density at radius 2 is 1.97 bits per heavy atom. The highest BCUT2D eigenvalue weighted by molar-refractivity contribution is 7.13. The number of aryl methyl sites for hydroxylation is 1. The maximum atomic E-state index is 12.7. The number of nitrogens with zero attached hydrogens (tertiary/aromatic N) is 3. The molecule has 0 spiro atoms. The molecule has 1 unspecified atom stereocenters. The van der Waals surface area contributed by atoms with Crippen molar-refractivity contribution in [2.24, 2.45) is 4.99 Å². The van der Waals surface area contributed by atoms with Crippen molar-refractivity contribution in [2.45, 2.75) is 18.7 Å². The van der Waals surface area contributed by atoms with E-state index < -0.39 is 0 Å². The topological polar surface area (TPSA) is 56.4 Å². The molecule has 2 aromatic carbocycles. The van der Waals surface area contributed by atoms with Crippen LogP contribution in [-0.4, -0.2) is 16.7 Å². The number of aromatic nitrogens is 1. The number of amides is 1. The monoisotopic (exact) mass is 472 g/mol. The number of amidine groups is 1. The quantitative estimate of drug-likeness (QED) is 0.407. The first-order valence-electron chi connectivity index (χ1n) is 9.12. The molecule has 0 saturated heterocycles. The minimum Gasteiger partial charge on any atom is -0.267 e. The van der Waals surface area contributed by atoms with Crippen LogP contribution >= 0.6 is 46.1 Å². The second kappa shape index (κ2) is 7.50. The molecule has 0 fully saturated rings. The van der Waals surface area contributed by atoms with Crippen LogP contribution in [0.1, 0.15) is 28.3 Å². The molecule has 3 heterocycles. The van der Waals surface area contributed by atoms with Crippen molar-refractivity contribution >= 4 is 69.1 Å².